The SMILES string of the molecule is ClC/C=C/CSCC1CCCO1. The second kappa shape index (κ2) is 6.81. The first-order chi connectivity index (χ1) is 5.93. The third-order valence-corrected chi connectivity index (χ3v) is 3.01. The summed E-state index contributed by atoms with van der Waals surface area (Å²) >= 11 is 7.41. The summed E-state index contributed by atoms with van der Waals surface area (Å²) in [5.41, 5.74) is 0. The number of halogens is 1. The van der Waals surface area contributed by atoms with Gasteiger partial charge in [-0.15, -0.1) is 11.6 Å². The molecule has 1 atom stereocenters. The lowest BCUT2D eigenvalue weighted by Gasteiger charge is -2.06. The summed E-state index contributed by atoms with van der Waals surface area (Å²) in [6, 6.07) is 0. The number of allylic oxidation sites excluding steroid dienone is 1. The Kier molecular flexibility index (Phi) is 5.92. The second-order valence-corrected chi connectivity index (χ2v) is 4.18. The Morgan fingerprint density at radius 3 is 3.08 bits per heavy atom. The highest BCUT2D eigenvalue weighted by molar-refractivity contribution is 7.99. The molecule has 0 aromatic carbocycles. The number of rotatable bonds is 5. The van der Waals surface area contributed by atoms with Crippen molar-refractivity contribution in [3.8, 4) is 0 Å². The van der Waals surface area contributed by atoms with Crippen molar-refractivity contribution in [2.75, 3.05) is 24.0 Å². The van der Waals surface area contributed by atoms with Crippen molar-refractivity contribution >= 4 is 23.4 Å². The van der Waals surface area contributed by atoms with Crippen LogP contribution in [0.3, 0.4) is 0 Å². The zero-order valence-electron chi connectivity index (χ0n) is 7.17. The molecule has 0 bridgehead atoms. The van der Waals surface area contributed by atoms with Crippen LogP contribution in [0.15, 0.2) is 12.2 Å². The molecule has 1 fully saturated rings. The van der Waals surface area contributed by atoms with Crippen LogP contribution in [0.4, 0.5) is 0 Å². The van der Waals surface area contributed by atoms with E-state index in [1.54, 1.807) is 0 Å². The summed E-state index contributed by atoms with van der Waals surface area (Å²) in [6.07, 6.45) is 7.10. The lowest BCUT2D eigenvalue weighted by atomic mass is 10.3. The maximum atomic E-state index is 5.49. The summed E-state index contributed by atoms with van der Waals surface area (Å²) in [5.74, 6) is 2.82. The van der Waals surface area contributed by atoms with Crippen LogP contribution in [0.2, 0.25) is 0 Å². The normalized spacial score (nSPS) is 23.9. The van der Waals surface area contributed by atoms with Crippen LogP contribution in [0.1, 0.15) is 12.8 Å². The van der Waals surface area contributed by atoms with Crippen LogP contribution in [0.25, 0.3) is 0 Å². The van der Waals surface area contributed by atoms with Gasteiger partial charge in [0.1, 0.15) is 0 Å². The van der Waals surface area contributed by atoms with Crippen LogP contribution in [0.5, 0.6) is 0 Å². The van der Waals surface area contributed by atoms with Crippen molar-refractivity contribution in [1.82, 2.24) is 0 Å². The van der Waals surface area contributed by atoms with E-state index in [4.69, 9.17) is 16.3 Å². The topological polar surface area (TPSA) is 9.23 Å². The monoisotopic (exact) mass is 206 g/mol. The molecular formula is C9H15ClOS. The minimum absolute atomic E-state index is 0.513. The second-order valence-electron chi connectivity index (χ2n) is 2.80. The molecular weight excluding hydrogens is 192 g/mol. The highest BCUT2D eigenvalue weighted by Crippen LogP contribution is 2.16. The fraction of sp³-hybridized carbons (Fsp3) is 0.778. The Balaban J connectivity index is 1.91. The van der Waals surface area contributed by atoms with E-state index in [1.165, 1.54) is 12.8 Å². The van der Waals surface area contributed by atoms with Gasteiger partial charge in [-0.3, -0.25) is 0 Å². The average molecular weight is 207 g/mol. The van der Waals surface area contributed by atoms with Crippen LogP contribution < -0.4 is 0 Å². The van der Waals surface area contributed by atoms with Crippen molar-refractivity contribution < 1.29 is 4.74 Å². The number of thioether (sulfide) groups is 1. The fourth-order valence-electron chi connectivity index (χ4n) is 1.17. The van der Waals surface area contributed by atoms with Crippen molar-refractivity contribution in [2.24, 2.45) is 0 Å². The minimum atomic E-state index is 0.513. The van der Waals surface area contributed by atoms with Gasteiger partial charge in [-0.05, 0) is 12.8 Å². The molecule has 1 unspecified atom stereocenters. The Labute approximate surface area is 83.5 Å². The van der Waals surface area contributed by atoms with Crippen molar-refractivity contribution in [1.29, 1.82) is 0 Å². The van der Waals surface area contributed by atoms with Gasteiger partial charge in [0, 0.05) is 24.0 Å². The zero-order chi connectivity index (χ0) is 8.65. The van der Waals surface area contributed by atoms with Gasteiger partial charge in [-0.2, -0.15) is 11.8 Å². The van der Waals surface area contributed by atoms with Gasteiger partial charge < -0.3 is 4.74 Å². The zero-order valence-corrected chi connectivity index (χ0v) is 8.74. The van der Waals surface area contributed by atoms with Crippen LogP contribution in [0, 0.1) is 0 Å². The van der Waals surface area contributed by atoms with E-state index in [2.05, 4.69) is 6.08 Å². The van der Waals surface area contributed by atoms with E-state index in [9.17, 15) is 0 Å². The molecule has 0 N–H and O–H groups in total. The van der Waals surface area contributed by atoms with Gasteiger partial charge in [0.25, 0.3) is 0 Å². The summed E-state index contributed by atoms with van der Waals surface area (Å²) in [5, 5.41) is 0. The smallest absolute Gasteiger partial charge is 0.0666 e. The van der Waals surface area contributed by atoms with Crippen molar-refractivity contribution in [3.05, 3.63) is 12.2 Å². The molecule has 12 heavy (non-hydrogen) atoms. The number of hydrogen-bond donors (Lipinski definition) is 0. The molecule has 3 heteroatoms. The highest BCUT2D eigenvalue weighted by Gasteiger charge is 2.14. The van der Waals surface area contributed by atoms with E-state index in [1.807, 2.05) is 17.8 Å². The molecule has 0 aromatic heterocycles. The maximum absolute atomic E-state index is 5.49. The first-order valence-corrected chi connectivity index (χ1v) is 6.02. The third kappa shape index (κ3) is 4.39. The van der Waals surface area contributed by atoms with Crippen LogP contribution in [-0.4, -0.2) is 30.1 Å². The minimum Gasteiger partial charge on any atom is -0.377 e. The standard InChI is InChI=1S/C9H15ClOS/c10-5-1-2-7-12-8-9-4-3-6-11-9/h1-2,9H,3-8H2/b2-1+. The van der Waals surface area contributed by atoms with Crippen LogP contribution >= 0.6 is 23.4 Å². The summed E-state index contributed by atoms with van der Waals surface area (Å²) in [4.78, 5) is 0. The summed E-state index contributed by atoms with van der Waals surface area (Å²) in [6.45, 7) is 0.961. The molecule has 70 valence electrons. The maximum Gasteiger partial charge on any atom is 0.0666 e. The molecule has 1 heterocycles. The van der Waals surface area contributed by atoms with Crippen molar-refractivity contribution in [2.45, 2.75) is 18.9 Å². The van der Waals surface area contributed by atoms with Gasteiger partial charge in [-0.25, -0.2) is 0 Å². The quantitative estimate of drug-likeness (QED) is 0.389. The van der Waals surface area contributed by atoms with E-state index in [0.29, 0.717) is 12.0 Å². The van der Waals surface area contributed by atoms with Gasteiger partial charge >= 0.3 is 0 Å². The Bertz CT molecular complexity index is 132. The average Bonchev–Trinajstić information content (AvgIpc) is 2.57. The predicted molar refractivity (Wildman–Crippen MR) is 56.2 cm³/mol. The van der Waals surface area contributed by atoms with E-state index < -0.39 is 0 Å². The lowest BCUT2D eigenvalue weighted by molar-refractivity contribution is 0.129. The molecule has 1 saturated heterocycles. The van der Waals surface area contributed by atoms with Gasteiger partial charge in [0.05, 0.1) is 6.10 Å². The largest absolute Gasteiger partial charge is 0.377 e. The Morgan fingerprint density at radius 2 is 2.42 bits per heavy atom. The Hall–Kier alpha value is 0.340. The number of alkyl halides is 1. The van der Waals surface area contributed by atoms with E-state index in [0.717, 1.165) is 18.1 Å². The molecule has 0 aromatic rings. The molecule has 0 amide bonds. The molecule has 1 rings (SSSR count). The molecule has 1 nitrogen and oxygen atoms in total. The first-order valence-electron chi connectivity index (χ1n) is 4.34. The summed E-state index contributed by atoms with van der Waals surface area (Å²) in [7, 11) is 0. The molecule has 0 aliphatic carbocycles. The predicted octanol–water partition coefficient (Wildman–Crippen LogP) is 2.69. The molecule has 1 aliphatic heterocycles. The highest BCUT2D eigenvalue weighted by atomic mass is 35.5. The Morgan fingerprint density at radius 1 is 1.50 bits per heavy atom. The van der Waals surface area contributed by atoms with Gasteiger partial charge in [-0.1, -0.05) is 12.2 Å². The number of ether oxygens (including phenoxy) is 1. The van der Waals surface area contributed by atoms with Crippen LogP contribution in [-0.2, 0) is 4.74 Å². The molecule has 0 radical (unpaired) electrons. The van der Waals surface area contributed by atoms with Crippen molar-refractivity contribution in [3.63, 3.8) is 0 Å². The fourth-order valence-corrected chi connectivity index (χ4v) is 2.23. The number of hydrogen-bond acceptors (Lipinski definition) is 2. The molecule has 1 aliphatic rings. The lowest BCUT2D eigenvalue weighted by Crippen LogP contribution is -2.07. The van der Waals surface area contributed by atoms with Gasteiger partial charge in [0.2, 0.25) is 0 Å². The van der Waals surface area contributed by atoms with Gasteiger partial charge in [0.15, 0.2) is 0 Å². The summed E-state index contributed by atoms with van der Waals surface area (Å²) < 4.78 is 5.49. The third-order valence-electron chi connectivity index (χ3n) is 1.80. The molecule has 0 saturated carbocycles. The molecule has 0 spiro atoms. The van der Waals surface area contributed by atoms with E-state index in [-0.39, 0.29) is 0 Å². The van der Waals surface area contributed by atoms with E-state index >= 15 is 0 Å². The first kappa shape index (κ1) is 10.4.